The van der Waals surface area contributed by atoms with Crippen LogP contribution in [0.25, 0.3) is 0 Å². The number of hydrogen-bond acceptors (Lipinski definition) is 4. The number of ketones is 1. The number of rotatable bonds is 0. The Hall–Kier alpha value is -0.710. The van der Waals surface area contributed by atoms with Crippen molar-refractivity contribution in [3.8, 4) is 0 Å². The van der Waals surface area contributed by atoms with E-state index in [4.69, 9.17) is 9.47 Å². The molecule has 6 atom stereocenters. The molecule has 2 saturated heterocycles. The molecule has 4 aliphatic rings. The van der Waals surface area contributed by atoms with Crippen molar-refractivity contribution >= 4 is 5.78 Å². The first kappa shape index (κ1) is 12.1. The maximum Gasteiger partial charge on any atom is 0.145 e. The molecule has 0 unspecified atom stereocenters. The molecular formula is C15H20O4. The lowest BCUT2D eigenvalue weighted by atomic mass is 9.52. The Labute approximate surface area is 112 Å². The molecule has 4 rings (SSSR count). The average molecular weight is 264 g/mol. The van der Waals surface area contributed by atoms with Gasteiger partial charge in [0, 0.05) is 11.8 Å². The normalized spacial score (nSPS) is 59.1. The molecule has 0 aromatic carbocycles. The highest BCUT2D eigenvalue weighted by atomic mass is 16.6. The van der Waals surface area contributed by atoms with Crippen LogP contribution in [0.3, 0.4) is 0 Å². The summed E-state index contributed by atoms with van der Waals surface area (Å²) in [7, 11) is 0. The van der Waals surface area contributed by atoms with Crippen LogP contribution in [0.4, 0.5) is 0 Å². The molecule has 0 aromatic rings. The van der Waals surface area contributed by atoms with Crippen LogP contribution in [0.2, 0.25) is 0 Å². The predicted octanol–water partition coefficient (Wildman–Crippen LogP) is 1.22. The Morgan fingerprint density at radius 3 is 2.74 bits per heavy atom. The summed E-state index contributed by atoms with van der Waals surface area (Å²) in [6.07, 6.45) is 2.34. The summed E-state index contributed by atoms with van der Waals surface area (Å²) in [5.74, 6) is 0.236. The van der Waals surface area contributed by atoms with E-state index in [1.807, 2.05) is 19.9 Å². The van der Waals surface area contributed by atoms with Crippen molar-refractivity contribution in [3.05, 3.63) is 11.6 Å². The number of carbonyl (C=O) groups excluding carboxylic acids is 1. The number of epoxide rings is 1. The summed E-state index contributed by atoms with van der Waals surface area (Å²) < 4.78 is 11.9. The first-order chi connectivity index (χ1) is 8.85. The zero-order valence-electron chi connectivity index (χ0n) is 11.6. The van der Waals surface area contributed by atoms with Crippen molar-refractivity contribution in [1.29, 1.82) is 0 Å². The van der Waals surface area contributed by atoms with Crippen LogP contribution in [-0.2, 0) is 14.3 Å². The molecule has 1 N–H and O–H groups in total. The molecule has 0 radical (unpaired) electrons. The third-order valence-corrected chi connectivity index (χ3v) is 6.39. The van der Waals surface area contributed by atoms with Crippen molar-refractivity contribution in [2.75, 3.05) is 6.61 Å². The SMILES string of the molecule is CC1=C[C@H]2O[C@@H]3CC(=O)[C@](C)([C@@]2(C)C[C@@H]1O)[C@@]31CO1. The van der Waals surface area contributed by atoms with Crippen molar-refractivity contribution in [2.24, 2.45) is 10.8 Å². The maximum absolute atomic E-state index is 12.6. The minimum absolute atomic E-state index is 0.0906. The summed E-state index contributed by atoms with van der Waals surface area (Å²) in [5.41, 5.74) is -0.391. The third-order valence-electron chi connectivity index (χ3n) is 6.39. The summed E-state index contributed by atoms with van der Waals surface area (Å²) >= 11 is 0. The number of Topliss-reactive ketones (excluding diaryl/α,β-unsaturated/α-hetero) is 1. The zero-order chi connectivity index (χ0) is 13.6. The van der Waals surface area contributed by atoms with Gasteiger partial charge in [0.05, 0.1) is 30.3 Å². The molecule has 4 heteroatoms. The summed E-state index contributed by atoms with van der Waals surface area (Å²) in [5, 5.41) is 10.2. The first-order valence-electron chi connectivity index (χ1n) is 7.04. The van der Waals surface area contributed by atoms with Crippen LogP contribution in [0.15, 0.2) is 11.6 Å². The van der Waals surface area contributed by atoms with E-state index in [2.05, 4.69) is 6.92 Å². The number of ether oxygens (including phenoxy) is 2. The lowest BCUT2D eigenvalue weighted by Gasteiger charge is -2.56. The van der Waals surface area contributed by atoms with E-state index in [0.29, 0.717) is 19.4 Å². The molecule has 2 bridgehead atoms. The molecule has 0 aromatic heterocycles. The van der Waals surface area contributed by atoms with Crippen LogP contribution >= 0.6 is 0 Å². The Bertz CT molecular complexity index is 506. The molecule has 0 amide bonds. The fourth-order valence-corrected chi connectivity index (χ4v) is 4.68. The van der Waals surface area contributed by atoms with Gasteiger partial charge < -0.3 is 14.6 Å². The van der Waals surface area contributed by atoms with E-state index < -0.39 is 17.1 Å². The van der Waals surface area contributed by atoms with Gasteiger partial charge in [0.1, 0.15) is 11.4 Å². The highest BCUT2D eigenvalue weighted by Gasteiger charge is 2.81. The highest BCUT2D eigenvalue weighted by molar-refractivity contribution is 5.92. The quantitative estimate of drug-likeness (QED) is 0.528. The Kier molecular flexibility index (Phi) is 1.99. The van der Waals surface area contributed by atoms with Crippen LogP contribution in [0.5, 0.6) is 0 Å². The number of carbonyl (C=O) groups is 1. The molecule has 3 fully saturated rings. The van der Waals surface area contributed by atoms with Gasteiger partial charge in [-0.25, -0.2) is 0 Å². The molecule has 2 aliphatic heterocycles. The topological polar surface area (TPSA) is 59.1 Å². The number of hydrogen-bond donors (Lipinski definition) is 1. The highest BCUT2D eigenvalue weighted by Crippen LogP contribution is 2.69. The standard InChI is InChI=1S/C15H20O4/c1-8-4-11-13(2,6-9(8)16)14(3)10(17)5-12(19-11)15(14)7-18-15/h4,9,11-12,16H,5-7H2,1-3H3/t9-,11+,12+,13-,14+,15+/m0/s1. The first-order valence-corrected chi connectivity index (χ1v) is 7.04. The van der Waals surface area contributed by atoms with E-state index in [1.54, 1.807) is 0 Å². The Morgan fingerprint density at radius 2 is 2.11 bits per heavy atom. The smallest absolute Gasteiger partial charge is 0.145 e. The maximum atomic E-state index is 12.6. The largest absolute Gasteiger partial charge is 0.389 e. The lowest BCUT2D eigenvalue weighted by Crippen LogP contribution is -2.64. The zero-order valence-corrected chi connectivity index (χ0v) is 11.6. The van der Waals surface area contributed by atoms with E-state index in [1.165, 1.54) is 0 Å². The fourth-order valence-electron chi connectivity index (χ4n) is 4.68. The molecular weight excluding hydrogens is 244 g/mol. The molecule has 2 heterocycles. The second-order valence-electron chi connectivity index (χ2n) is 7.02. The predicted molar refractivity (Wildman–Crippen MR) is 67.6 cm³/mol. The van der Waals surface area contributed by atoms with Gasteiger partial charge in [0.25, 0.3) is 0 Å². The molecule has 104 valence electrons. The second-order valence-corrected chi connectivity index (χ2v) is 7.02. The van der Waals surface area contributed by atoms with Crippen LogP contribution < -0.4 is 0 Å². The third kappa shape index (κ3) is 1.08. The molecule has 1 spiro atoms. The van der Waals surface area contributed by atoms with Gasteiger partial charge in [-0.3, -0.25) is 4.79 Å². The number of aliphatic hydroxyl groups is 1. The fraction of sp³-hybridized carbons (Fsp3) is 0.800. The van der Waals surface area contributed by atoms with Crippen molar-refractivity contribution in [3.63, 3.8) is 0 Å². The number of aliphatic hydroxyl groups excluding tert-OH is 1. The van der Waals surface area contributed by atoms with Crippen molar-refractivity contribution in [2.45, 2.75) is 57.5 Å². The van der Waals surface area contributed by atoms with E-state index in [-0.39, 0.29) is 23.4 Å². The van der Waals surface area contributed by atoms with Crippen LogP contribution in [-0.4, -0.2) is 41.4 Å². The van der Waals surface area contributed by atoms with Gasteiger partial charge >= 0.3 is 0 Å². The van der Waals surface area contributed by atoms with E-state index in [0.717, 1.165) is 5.57 Å². The summed E-state index contributed by atoms with van der Waals surface area (Å²) in [4.78, 5) is 12.6. The molecule has 2 aliphatic carbocycles. The Morgan fingerprint density at radius 1 is 1.42 bits per heavy atom. The van der Waals surface area contributed by atoms with Crippen LogP contribution in [0, 0.1) is 10.8 Å². The lowest BCUT2D eigenvalue weighted by molar-refractivity contribution is -0.198. The van der Waals surface area contributed by atoms with Gasteiger partial charge in [-0.2, -0.15) is 0 Å². The van der Waals surface area contributed by atoms with Gasteiger partial charge in [-0.15, -0.1) is 0 Å². The summed E-state index contributed by atoms with van der Waals surface area (Å²) in [6, 6.07) is 0. The second kappa shape index (κ2) is 3.13. The summed E-state index contributed by atoms with van der Waals surface area (Å²) in [6.45, 7) is 6.64. The van der Waals surface area contributed by atoms with Crippen molar-refractivity contribution < 1.29 is 19.4 Å². The van der Waals surface area contributed by atoms with E-state index in [9.17, 15) is 9.90 Å². The van der Waals surface area contributed by atoms with Gasteiger partial charge in [0.2, 0.25) is 0 Å². The molecule has 4 nitrogen and oxygen atoms in total. The van der Waals surface area contributed by atoms with E-state index >= 15 is 0 Å². The van der Waals surface area contributed by atoms with Gasteiger partial charge in [0.15, 0.2) is 0 Å². The van der Waals surface area contributed by atoms with Crippen LogP contribution in [0.1, 0.15) is 33.6 Å². The monoisotopic (exact) mass is 264 g/mol. The number of fused-ring (bicyclic) bond motifs is 2. The average Bonchev–Trinajstić information content (AvgIpc) is 3.10. The minimum Gasteiger partial charge on any atom is -0.389 e. The van der Waals surface area contributed by atoms with Crippen molar-refractivity contribution in [1.82, 2.24) is 0 Å². The van der Waals surface area contributed by atoms with Gasteiger partial charge in [-0.05, 0) is 25.8 Å². The minimum atomic E-state index is -0.536. The Balaban J connectivity index is 1.90. The molecule has 1 saturated carbocycles. The molecule has 19 heavy (non-hydrogen) atoms. The van der Waals surface area contributed by atoms with Gasteiger partial charge in [-0.1, -0.05) is 13.0 Å².